The summed E-state index contributed by atoms with van der Waals surface area (Å²) >= 11 is 0. The summed E-state index contributed by atoms with van der Waals surface area (Å²) in [6.45, 7) is 5.64. The third-order valence-corrected chi connectivity index (χ3v) is 5.52. The predicted molar refractivity (Wildman–Crippen MR) is 93.2 cm³/mol. The maximum absolute atomic E-state index is 13.2. The largest absolute Gasteiger partial charge is 0.395 e. The monoisotopic (exact) mass is 348 g/mol. The van der Waals surface area contributed by atoms with E-state index in [4.69, 9.17) is 0 Å². The maximum atomic E-state index is 13.2. The summed E-state index contributed by atoms with van der Waals surface area (Å²) in [5.41, 5.74) is 0.681. The third-order valence-electron chi connectivity index (χ3n) is 5.52. The van der Waals surface area contributed by atoms with Crippen LogP contribution in [0.5, 0.6) is 0 Å². The molecule has 2 aliphatic heterocycles. The van der Waals surface area contributed by atoms with Gasteiger partial charge in [-0.25, -0.2) is 0 Å². The molecule has 2 amide bonds. The van der Waals surface area contributed by atoms with E-state index >= 15 is 0 Å². The van der Waals surface area contributed by atoms with Gasteiger partial charge in [0.05, 0.1) is 12.3 Å². The zero-order valence-electron chi connectivity index (χ0n) is 15.4. The smallest absolute Gasteiger partial charge is 0.273 e. The number of amides is 2. The van der Waals surface area contributed by atoms with Gasteiger partial charge in [0.2, 0.25) is 5.91 Å². The Morgan fingerprint density at radius 1 is 1.32 bits per heavy atom. The van der Waals surface area contributed by atoms with Crippen molar-refractivity contribution < 1.29 is 14.7 Å². The van der Waals surface area contributed by atoms with Crippen molar-refractivity contribution >= 4 is 11.8 Å². The molecule has 1 unspecified atom stereocenters. The van der Waals surface area contributed by atoms with Gasteiger partial charge in [-0.05, 0) is 37.7 Å². The second-order valence-corrected chi connectivity index (χ2v) is 7.44. The van der Waals surface area contributed by atoms with Crippen LogP contribution in [0.3, 0.4) is 0 Å². The average molecular weight is 348 g/mol. The number of hydrogen-bond donors (Lipinski definition) is 1. The van der Waals surface area contributed by atoms with Gasteiger partial charge in [0.1, 0.15) is 11.2 Å². The normalized spacial score (nSPS) is 24.0. The topological polar surface area (TPSA) is 78.7 Å². The predicted octanol–water partition coefficient (Wildman–Crippen LogP) is 1.13. The number of hydrogen-bond acceptors (Lipinski definition) is 4. The standard InChI is InChI=1S/C18H28N4O3/c1-13(2)14-12-15(20(3)19-14)16(24)22-9-5-7-18(22)6-4-8-21(10-11-23)17(18)25/h12-13,23H,4-11H2,1-3H3. The number of piperidine rings is 1. The van der Waals surface area contributed by atoms with Crippen molar-refractivity contribution in [3.8, 4) is 0 Å². The van der Waals surface area contributed by atoms with Gasteiger partial charge in [0.25, 0.3) is 5.91 Å². The van der Waals surface area contributed by atoms with Crippen molar-refractivity contribution in [1.82, 2.24) is 19.6 Å². The number of carbonyl (C=O) groups excluding carboxylic acids is 2. The lowest BCUT2D eigenvalue weighted by molar-refractivity contribution is -0.146. The van der Waals surface area contributed by atoms with Gasteiger partial charge in [-0.2, -0.15) is 5.10 Å². The Bertz CT molecular complexity index is 667. The van der Waals surface area contributed by atoms with Crippen LogP contribution < -0.4 is 0 Å². The zero-order valence-corrected chi connectivity index (χ0v) is 15.4. The molecule has 2 saturated heterocycles. The highest BCUT2D eigenvalue weighted by Gasteiger charge is 2.53. The van der Waals surface area contributed by atoms with Crippen molar-refractivity contribution in [2.45, 2.75) is 51.0 Å². The zero-order chi connectivity index (χ0) is 18.2. The van der Waals surface area contributed by atoms with Gasteiger partial charge in [0.15, 0.2) is 0 Å². The number of aliphatic hydroxyl groups is 1. The molecule has 0 aliphatic carbocycles. The summed E-state index contributed by atoms with van der Waals surface area (Å²) < 4.78 is 1.63. The Kier molecular flexibility index (Phi) is 4.86. The SMILES string of the molecule is CC(C)c1cc(C(=O)N2CCCC23CCCN(CCO)C3=O)n(C)n1. The van der Waals surface area contributed by atoms with Crippen LogP contribution >= 0.6 is 0 Å². The number of carbonyl (C=O) groups is 2. The van der Waals surface area contributed by atoms with Gasteiger partial charge < -0.3 is 14.9 Å². The number of nitrogens with zero attached hydrogens (tertiary/aromatic N) is 4. The number of likely N-dealkylation sites (tertiary alicyclic amines) is 2. The molecule has 2 fully saturated rings. The first-order valence-electron chi connectivity index (χ1n) is 9.17. The van der Waals surface area contributed by atoms with Crippen LogP contribution in [-0.4, -0.2) is 68.3 Å². The Labute approximate surface area is 148 Å². The summed E-state index contributed by atoms with van der Waals surface area (Å²) in [7, 11) is 1.78. The minimum atomic E-state index is -0.743. The lowest BCUT2D eigenvalue weighted by Crippen LogP contribution is -2.61. The van der Waals surface area contributed by atoms with Gasteiger partial charge in [-0.15, -0.1) is 0 Å². The third kappa shape index (κ3) is 2.94. The van der Waals surface area contributed by atoms with Gasteiger partial charge in [0, 0.05) is 26.7 Å². The second kappa shape index (κ2) is 6.78. The van der Waals surface area contributed by atoms with Crippen LogP contribution in [0.4, 0.5) is 0 Å². The van der Waals surface area contributed by atoms with E-state index in [0.29, 0.717) is 38.2 Å². The van der Waals surface area contributed by atoms with E-state index in [1.165, 1.54) is 0 Å². The van der Waals surface area contributed by atoms with E-state index in [1.54, 1.807) is 21.5 Å². The molecule has 0 saturated carbocycles. The summed E-state index contributed by atoms with van der Waals surface area (Å²) in [6, 6.07) is 1.85. The van der Waals surface area contributed by atoms with Crippen LogP contribution in [-0.2, 0) is 11.8 Å². The Morgan fingerprint density at radius 2 is 2.00 bits per heavy atom. The van der Waals surface area contributed by atoms with Gasteiger partial charge in [-0.3, -0.25) is 14.3 Å². The number of aliphatic hydroxyl groups excluding tert-OH is 1. The summed E-state index contributed by atoms with van der Waals surface area (Å²) in [6.07, 6.45) is 3.10. The second-order valence-electron chi connectivity index (χ2n) is 7.44. The van der Waals surface area contributed by atoms with Crippen LogP contribution in [0.25, 0.3) is 0 Å². The molecule has 3 rings (SSSR count). The first-order valence-corrected chi connectivity index (χ1v) is 9.17. The van der Waals surface area contributed by atoms with Crippen LogP contribution in [0.1, 0.15) is 61.6 Å². The molecule has 1 aromatic heterocycles. The first-order chi connectivity index (χ1) is 11.9. The van der Waals surface area contributed by atoms with Gasteiger partial charge in [-0.1, -0.05) is 13.8 Å². The summed E-state index contributed by atoms with van der Waals surface area (Å²) in [5, 5.41) is 13.7. The molecule has 138 valence electrons. The Balaban J connectivity index is 1.90. The van der Waals surface area contributed by atoms with Crippen LogP contribution in [0.2, 0.25) is 0 Å². The minimum absolute atomic E-state index is 0.00935. The molecule has 0 bridgehead atoms. The molecular weight excluding hydrogens is 320 g/mol. The lowest BCUT2D eigenvalue weighted by Gasteiger charge is -2.44. The van der Waals surface area contributed by atoms with Crippen molar-refractivity contribution in [2.75, 3.05) is 26.2 Å². The number of aryl methyl sites for hydroxylation is 1. The molecule has 25 heavy (non-hydrogen) atoms. The molecule has 0 aromatic carbocycles. The molecule has 1 atom stereocenters. The molecule has 7 nitrogen and oxygen atoms in total. The highest BCUT2D eigenvalue weighted by atomic mass is 16.3. The fraction of sp³-hybridized carbons (Fsp3) is 0.722. The number of aromatic nitrogens is 2. The van der Waals surface area contributed by atoms with E-state index in [-0.39, 0.29) is 24.3 Å². The molecule has 1 aromatic rings. The molecule has 1 spiro atoms. The molecule has 0 radical (unpaired) electrons. The first kappa shape index (κ1) is 17.9. The molecule has 3 heterocycles. The highest BCUT2D eigenvalue weighted by Crippen LogP contribution is 2.39. The van der Waals surface area contributed by atoms with E-state index in [2.05, 4.69) is 5.10 Å². The maximum Gasteiger partial charge on any atom is 0.273 e. The van der Waals surface area contributed by atoms with Gasteiger partial charge >= 0.3 is 0 Å². The fourth-order valence-electron chi connectivity index (χ4n) is 4.17. The van der Waals surface area contributed by atoms with E-state index in [1.807, 2.05) is 19.9 Å². The number of β-amino-alcohol motifs (C(OH)–C–C–N with tert-alkyl or cyclic N) is 1. The van der Waals surface area contributed by atoms with Crippen molar-refractivity contribution in [2.24, 2.45) is 7.05 Å². The molecule has 2 aliphatic rings. The fourth-order valence-corrected chi connectivity index (χ4v) is 4.17. The van der Waals surface area contributed by atoms with Crippen LogP contribution in [0.15, 0.2) is 6.07 Å². The highest BCUT2D eigenvalue weighted by molar-refractivity contribution is 5.99. The minimum Gasteiger partial charge on any atom is -0.395 e. The van der Waals surface area contributed by atoms with E-state index in [0.717, 1.165) is 18.5 Å². The quantitative estimate of drug-likeness (QED) is 0.885. The Hall–Kier alpha value is -1.89. The average Bonchev–Trinajstić information content (AvgIpc) is 3.16. The number of rotatable bonds is 4. The Morgan fingerprint density at radius 3 is 2.60 bits per heavy atom. The summed E-state index contributed by atoms with van der Waals surface area (Å²) in [5.74, 6) is 0.125. The van der Waals surface area contributed by atoms with Crippen molar-refractivity contribution in [3.63, 3.8) is 0 Å². The van der Waals surface area contributed by atoms with Crippen molar-refractivity contribution in [3.05, 3.63) is 17.5 Å². The summed E-state index contributed by atoms with van der Waals surface area (Å²) in [4.78, 5) is 29.8. The van der Waals surface area contributed by atoms with Crippen molar-refractivity contribution in [1.29, 1.82) is 0 Å². The van der Waals surface area contributed by atoms with E-state index in [9.17, 15) is 14.7 Å². The molecule has 7 heteroatoms. The van der Waals surface area contributed by atoms with Crippen LogP contribution in [0, 0.1) is 0 Å². The lowest BCUT2D eigenvalue weighted by atomic mass is 9.85. The molecule has 1 N–H and O–H groups in total. The van der Waals surface area contributed by atoms with E-state index < -0.39 is 5.54 Å². The molecular formula is C18H28N4O3.